The number of carboxylic acid groups (broad SMARTS) is 1. The number of nitriles is 1. The molecule has 1 aliphatic carbocycles. The summed E-state index contributed by atoms with van der Waals surface area (Å²) in [5.74, 6) is -0.429. The van der Waals surface area contributed by atoms with Gasteiger partial charge in [0, 0.05) is 25.6 Å². The molecule has 1 saturated carbocycles. The summed E-state index contributed by atoms with van der Waals surface area (Å²) in [5, 5.41) is 20.7. The molecule has 2 rings (SSSR count). The number of amides is 2. The van der Waals surface area contributed by atoms with Crippen LogP contribution in [0.25, 0.3) is 0 Å². The van der Waals surface area contributed by atoms with Crippen LogP contribution in [0.4, 0.5) is 4.79 Å². The van der Waals surface area contributed by atoms with Gasteiger partial charge in [-0.05, 0) is 44.4 Å². The molecule has 1 aliphatic heterocycles. The number of nitrogens with one attached hydrogen (secondary N) is 1. The normalized spacial score (nSPS) is 26.9. The lowest BCUT2D eigenvalue weighted by atomic mass is 9.82. The van der Waals surface area contributed by atoms with Crippen LogP contribution in [0.2, 0.25) is 0 Å². The van der Waals surface area contributed by atoms with Gasteiger partial charge in [-0.1, -0.05) is 0 Å². The minimum absolute atomic E-state index is 0.0493. The Morgan fingerprint density at radius 1 is 1.14 bits per heavy atom. The molecule has 116 valence electrons. The van der Waals surface area contributed by atoms with Gasteiger partial charge in [0.25, 0.3) is 0 Å². The number of rotatable bonds is 3. The Labute approximate surface area is 125 Å². The number of carbonyl (C=O) groups is 2. The lowest BCUT2D eigenvalue weighted by Crippen LogP contribution is -2.45. The van der Waals surface area contributed by atoms with Crippen molar-refractivity contribution in [2.75, 3.05) is 19.6 Å². The fraction of sp³-hybridized carbons (Fsp3) is 0.800. The molecule has 0 aromatic heterocycles. The first-order valence-corrected chi connectivity index (χ1v) is 7.75. The average molecular weight is 293 g/mol. The summed E-state index contributed by atoms with van der Waals surface area (Å²) in [5.41, 5.74) is 0. The van der Waals surface area contributed by atoms with E-state index in [0.717, 1.165) is 25.7 Å². The highest BCUT2D eigenvalue weighted by atomic mass is 16.4. The Balaban J connectivity index is 1.66. The van der Waals surface area contributed by atoms with Crippen LogP contribution in [0.5, 0.6) is 0 Å². The van der Waals surface area contributed by atoms with Crippen LogP contribution < -0.4 is 5.32 Å². The lowest BCUT2D eigenvalue weighted by Gasteiger charge is -2.31. The number of carbonyl (C=O) groups excluding carboxylic acids is 1. The molecule has 0 spiro atoms. The Hall–Kier alpha value is -1.77. The predicted octanol–water partition coefficient (Wildman–Crippen LogP) is 1.82. The largest absolute Gasteiger partial charge is 0.481 e. The van der Waals surface area contributed by atoms with Crippen molar-refractivity contribution < 1.29 is 14.7 Å². The Bertz CT molecular complexity index is 416. The molecule has 0 bridgehead atoms. The van der Waals surface area contributed by atoms with Gasteiger partial charge in [-0.15, -0.1) is 0 Å². The van der Waals surface area contributed by atoms with Gasteiger partial charge in [-0.25, -0.2) is 4.79 Å². The molecule has 6 heteroatoms. The van der Waals surface area contributed by atoms with Crippen LogP contribution in [0.1, 0.15) is 38.5 Å². The van der Waals surface area contributed by atoms with Crippen LogP contribution in [0.3, 0.4) is 0 Å². The van der Waals surface area contributed by atoms with E-state index in [9.17, 15) is 9.59 Å². The fourth-order valence-corrected chi connectivity index (χ4v) is 3.17. The highest BCUT2D eigenvalue weighted by molar-refractivity contribution is 5.74. The van der Waals surface area contributed by atoms with Crippen LogP contribution >= 0.6 is 0 Å². The van der Waals surface area contributed by atoms with E-state index >= 15 is 0 Å². The second-order valence-corrected chi connectivity index (χ2v) is 6.13. The Kier molecular flexibility index (Phi) is 5.43. The Morgan fingerprint density at radius 2 is 1.76 bits per heavy atom. The van der Waals surface area contributed by atoms with Gasteiger partial charge in [-0.2, -0.15) is 5.26 Å². The maximum Gasteiger partial charge on any atom is 0.317 e. The van der Waals surface area contributed by atoms with E-state index in [4.69, 9.17) is 10.4 Å². The summed E-state index contributed by atoms with van der Waals surface area (Å²) < 4.78 is 0. The van der Waals surface area contributed by atoms with Gasteiger partial charge in [0.15, 0.2) is 0 Å². The molecular weight excluding hydrogens is 270 g/mol. The predicted molar refractivity (Wildman–Crippen MR) is 76.4 cm³/mol. The van der Waals surface area contributed by atoms with E-state index in [2.05, 4.69) is 11.4 Å². The van der Waals surface area contributed by atoms with Gasteiger partial charge < -0.3 is 15.3 Å². The van der Waals surface area contributed by atoms with E-state index < -0.39 is 5.97 Å². The van der Waals surface area contributed by atoms with Gasteiger partial charge in [0.2, 0.25) is 0 Å². The highest BCUT2D eigenvalue weighted by Gasteiger charge is 2.27. The van der Waals surface area contributed by atoms with E-state index in [0.29, 0.717) is 38.4 Å². The molecule has 0 aromatic rings. The van der Waals surface area contributed by atoms with Crippen molar-refractivity contribution >= 4 is 12.0 Å². The number of likely N-dealkylation sites (tertiary alicyclic amines) is 1. The quantitative estimate of drug-likeness (QED) is 0.830. The van der Waals surface area contributed by atoms with Crippen molar-refractivity contribution in [1.82, 2.24) is 10.2 Å². The molecular formula is C15H23N3O3. The van der Waals surface area contributed by atoms with Crippen molar-refractivity contribution in [3.63, 3.8) is 0 Å². The number of piperidine rings is 1. The summed E-state index contributed by atoms with van der Waals surface area (Å²) in [6.07, 6.45) is 4.68. The third kappa shape index (κ3) is 4.35. The number of hydrogen-bond acceptors (Lipinski definition) is 3. The van der Waals surface area contributed by atoms with E-state index in [1.807, 2.05) is 0 Å². The fourth-order valence-electron chi connectivity index (χ4n) is 3.17. The first-order chi connectivity index (χ1) is 10.1. The van der Waals surface area contributed by atoms with Crippen molar-refractivity contribution in [3.8, 4) is 6.07 Å². The average Bonchev–Trinajstić information content (AvgIpc) is 2.53. The summed E-state index contributed by atoms with van der Waals surface area (Å²) in [6, 6.07) is 2.20. The van der Waals surface area contributed by atoms with Crippen molar-refractivity contribution in [3.05, 3.63) is 0 Å². The van der Waals surface area contributed by atoms with Crippen molar-refractivity contribution in [1.29, 1.82) is 5.26 Å². The minimum atomic E-state index is -0.696. The van der Waals surface area contributed by atoms with Crippen molar-refractivity contribution in [2.24, 2.45) is 17.8 Å². The highest BCUT2D eigenvalue weighted by Crippen LogP contribution is 2.28. The summed E-state index contributed by atoms with van der Waals surface area (Å²) in [6.45, 7) is 1.93. The van der Waals surface area contributed by atoms with Gasteiger partial charge in [-0.3, -0.25) is 4.79 Å². The zero-order chi connectivity index (χ0) is 15.2. The molecule has 2 fully saturated rings. The van der Waals surface area contributed by atoms with E-state index in [-0.39, 0.29) is 17.9 Å². The second-order valence-electron chi connectivity index (χ2n) is 6.13. The number of nitrogens with zero attached hydrogens (tertiary/aromatic N) is 2. The number of hydrogen-bond donors (Lipinski definition) is 2. The minimum Gasteiger partial charge on any atom is -0.481 e. The van der Waals surface area contributed by atoms with Crippen LogP contribution in [0.15, 0.2) is 0 Å². The van der Waals surface area contributed by atoms with Gasteiger partial charge >= 0.3 is 12.0 Å². The first kappa shape index (κ1) is 15.6. The monoisotopic (exact) mass is 293 g/mol. The molecule has 0 atom stereocenters. The van der Waals surface area contributed by atoms with Crippen LogP contribution in [-0.2, 0) is 4.79 Å². The first-order valence-electron chi connectivity index (χ1n) is 7.75. The summed E-state index contributed by atoms with van der Waals surface area (Å²) in [4.78, 5) is 24.7. The topological polar surface area (TPSA) is 93.4 Å². The van der Waals surface area contributed by atoms with E-state index in [1.165, 1.54) is 0 Å². The smallest absolute Gasteiger partial charge is 0.317 e. The van der Waals surface area contributed by atoms with E-state index in [1.54, 1.807) is 4.90 Å². The van der Waals surface area contributed by atoms with Crippen LogP contribution in [0, 0.1) is 29.1 Å². The number of urea groups is 1. The second kappa shape index (κ2) is 7.30. The third-order valence-corrected chi connectivity index (χ3v) is 4.70. The molecule has 0 radical (unpaired) electrons. The SMILES string of the molecule is N#CC1CCN(C(=O)NCC2CCC(C(=O)O)CC2)CC1. The molecule has 2 N–H and O–H groups in total. The molecule has 1 heterocycles. The number of aliphatic carboxylic acids is 1. The molecule has 2 amide bonds. The maximum atomic E-state index is 12.0. The lowest BCUT2D eigenvalue weighted by molar-refractivity contribution is -0.143. The molecule has 0 aromatic carbocycles. The molecule has 6 nitrogen and oxygen atoms in total. The van der Waals surface area contributed by atoms with Gasteiger partial charge in [0.05, 0.1) is 12.0 Å². The third-order valence-electron chi connectivity index (χ3n) is 4.70. The number of carboxylic acids is 1. The maximum absolute atomic E-state index is 12.0. The van der Waals surface area contributed by atoms with Gasteiger partial charge in [0.1, 0.15) is 0 Å². The van der Waals surface area contributed by atoms with Crippen molar-refractivity contribution in [2.45, 2.75) is 38.5 Å². The zero-order valence-electron chi connectivity index (χ0n) is 12.3. The Morgan fingerprint density at radius 3 is 2.29 bits per heavy atom. The standard InChI is InChI=1S/C15H23N3O3/c16-9-11-5-7-18(8-6-11)15(21)17-10-12-1-3-13(4-2-12)14(19)20/h11-13H,1-8,10H2,(H,17,21)(H,19,20). The summed E-state index contributed by atoms with van der Waals surface area (Å²) in [7, 11) is 0. The zero-order valence-corrected chi connectivity index (χ0v) is 12.3. The molecule has 21 heavy (non-hydrogen) atoms. The molecule has 1 saturated heterocycles. The summed E-state index contributed by atoms with van der Waals surface area (Å²) >= 11 is 0. The molecule has 2 aliphatic rings. The molecule has 0 unspecified atom stereocenters. The van der Waals surface area contributed by atoms with Crippen LogP contribution in [-0.4, -0.2) is 41.6 Å².